The van der Waals surface area contributed by atoms with E-state index in [1.165, 1.54) is 0 Å². The highest BCUT2D eigenvalue weighted by molar-refractivity contribution is 5.41. The van der Waals surface area contributed by atoms with Gasteiger partial charge in [0, 0.05) is 37.9 Å². The lowest BCUT2D eigenvalue weighted by molar-refractivity contribution is 0.185. The van der Waals surface area contributed by atoms with Crippen LogP contribution in [0.15, 0.2) is 18.2 Å². The van der Waals surface area contributed by atoms with Gasteiger partial charge < -0.3 is 24.3 Å². The van der Waals surface area contributed by atoms with Gasteiger partial charge in [0.05, 0.1) is 20.8 Å². The Kier molecular flexibility index (Phi) is 5.95. The first-order valence-corrected chi connectivity index (χ1v) is 6.96. The molecule has 0 radical (unpaired) electrons. The molecule has 1 saturated heterocycles. The second-order valence-electron chi connectivity index (χ2n) is 4.83. The van der Waals surface area contributed by atoms with E-state index in [0.717, 1.165) is 50.0 Å². The summed E-state index contributed by atoms with van der Waals surface area (Å²) in [5.74, 6) is 2.87. The largest absolute Gasteiger partial charge is 0.496 e. The van der Waals surface area contributed by atoms with Gasteiger partial charge in [-0.3, -0.25) is 0 Å². The molecule has 112 valence electrons. The number of hydrogen-bond acceptors (Lipinski definition) is 5. The molecule has 5 nitrogen and oxygen atoms in total. The first kappa shape index (κ1) is 14.9. The average Bonchev–Trinajstić information content (AvgIpc) is 2.99. The summed E-state index contributed by atoms with van der Waals surface area (Å²) in [6.07, 6.45) is 1.15. The summed E-state index contributed by atoms with van der Waals surface area (Å²) < 4.78 is 21.4. The number of hydrogen-bond donors (Lipinski definition) is 1. The van der Waals surface area contributed by atoms with Gasteiger partial charge in [0.25, 0.3) is 0 Å². The van der Waals surface area contributed by atoms with Crippen LogP contribution in [-0.4, -0.2) is 47.1 Å². The number of rotatable bonds is 8. The average molecular weight is 281 g/mol. The van der Waals surface area contributed by atoms with Crippen molar-refractivity contribution in [3.63, 3.8) is 0 Å². The molecule has 0 aliphatic carbocycles. The molecular formula is C15H23NO4. The molecule has 5 heteroatoms. The molecule has 1 fully saturated rings. The number of ether oxygens (including phenoxy) is 4. The summed E-state index contributed by atoms with van der Waals surface area (Å²) in [4.78, 5) is 0. The summed E-state index contributed by atoms with van der Waals surface area (Å²) in [6, 6.07) is 5.53. The molecule has 0 spiro atoms. The molecular weight excluding hydrogens is 258 g/mol. The van der Waals surface area contributed by atoms with Crippen molar-refractivity contribution in [3.8, 4) is 17.2 Å². The monoisotopic (exact) mass is 281 g/mol. The highest BCUT2D eigenvalue weighted by atomic mass is 16.5. The minimum Gasteiger partial charge on any atom is -0.496 e. The molecule has 1 unspecified atom stereocenters. The van der Waals surface area contributed by atoms with Gasteiger partial charge in [-0.2, -0.15) is 0 Å². The van der Waals surface area contributed by atoms with Crippen molar-refractivity contribution in [2.24, 2.45) is 5.92 Å². The molecule has 0 aromatic heterocycles. The third-order valence-electron chi connectivity index (χ3n) is 3.33. The van der Waals surface area contributed by atoms with Gasteiger partial charge in [0.1, 0.15) is 23.9 Å². The predicted molar refractivity (Wildman–Crippen MR) is 76.8 cm³/mol. The first-order chi connectivity index (χ1) is 9.81. The van der Waals surface area contributed by atoms with Gasteiger partial charge in [-0.15, -0.1) is 0 Å². The third-order valence-corrected chi connectivity index (χ3v) is 3.33. The van der Waals surface area contributed by atoms with Crippen LogP contribution in [0.5, 0.6) is 17.2 Å². The van der Waals surface area contributed by atoms with Gasteiger partial charge in [0.2, 0.25) is 0 Å². The summed E-state index contributed by atoms with van der Waals surface area (Å²) in [5, 5.41) is 3.39. The SMILES string of the molecule is COc1cc(OC)cc(OCCNCC2CCOC2)c1. The fourth-order valence-corrected chi connectivity index (χ4v) is 2.16. The summed E-state index contributed by atoms with van der Waals surface area (Å²) in [6.45, 7) is 4.19. The van der Waals surface area contributed by atoms with E-state index in [9.17, 15) is 0 Å². The predicted octanol–water partition coefficient (Wildman–Crippen LogP) is 1.71. The summed E-state index contributed by atoms with van der Waals surface area (Å²) in [5.41, 5.74) is 0. The molecule has 1 aliphatic rings. The second-order valence-corrected chi connectivity index (χ2v) is 4.83. The van der Waals surface area contributed by atoms with Crippen molar-refractivity contribution in [3.05, 3.63) is 18.2 Å². The Labute approximate surface area is 120 Å². The van der Waals surface area contributed by atoms with Crippen LogP contribution in [0.2, 0.25) is 0 Å². The van der Waals surface area contributed by atoms with Crippen molar-refractivity contribution in [1.29, 1.82) is 0 Å². The smallest absolute Gasteiger partial charge is 0.126 e. The fourth-order valence-electron chi connectivity index (χ4n) is 2.16. The van der Waals surface area contributed by atoms with Crippen molar-refractivity contribution in [2.75, 3.05) is 47.1 Å². The van der Waals surface area contributed by atoms with E-state index in [0.29, 0.717) is 12.5 Å². The van der Waals surface area contributed by atoms with Gasteiger partial charge in [-0.25, -0.2) is 0 Å². The van der Waals surface area contributed by atoms with E-state index in [2.05, 4.69) is 5.32 Å². The lowest BCUT2D eigenvalue weighted by Crippen LogP contribution is -2.27. The van der Waals surface area contributed by atoms with Crippen LogP contribution in [-0.2, 0) is 4.74 Å². The van der Waals surface area contributed by atoms with Crippen LogP contribution in [0.4, 0.5) is 0 Å². The zero-order valence-corrected chi connectivity index (χ0v) is 12.2. The van der Waals surface area contributed by atoms with Crippen molar-refractivity contribution >= 4 is 0 Å². The van der Waals surface area contributed by atoms with Crippen molar-refractivity contribution in [2.45, 2.75) is 6.42 Å². The zero-order chi connectivity index (χ0) is 14.2. The maximum atomic E-state index is 5.70. The Hall–Kier alpha value is -1.46. The number of methoxy groups -OCH3 is 2. The first-order valence-electron chi connectivity index (χ1n) is 6.96. The van der Waals surface area contributed by atoms with Crippen LogP contribution in [0.1, 0.15) is 6.42 Å². The van der Waals surface area contributed by atoms with Crippen LogP contribution >= 0.6 is 0 Å². The fraction of sp³-hybridized carbons (Fsp3) is 0.600. The maximum absolute atomic E-state index is 5.70. The quantitative estimate of drug-likeness (QED) is 0.735. The topological polar surface area (TPSA) is 49.0 Å². The molecule has 0 saturated carbocycles. The van der Waals surface area contributed by atoms with E-state index in [1.54, 1.807) is 14.2 Å². The van der Waals surface area contributed by atoms with Crippen molar-refractivity contribution < 1.29 is 18.9 Å². The molecule has 0 amide bonds. The van der Waals surface area contributed by atoms with Gasteiger partial charge in [-0.05, 0) is 12.3 Å². The zero-order valence-electron chi connectivity index (χ0n) is 12.2. The number of benzene rings is 1. The molecule has 1 aliphatic heterocycles. The van der Waals surface area contributed by atoms with Crippen LogP contribution in [0, 0.1) is 5.92 Å². The van der Waals surface area contributed by atoms with E-state index in [-0.39, 0.29) is 0 Å². The van der Waals surface area contributed by atoms with E-state index in [4.69, 9.17) is 18.9 Å². The normalized spacial score (nSPS) is 18.0. The minimum atomic E-state index is 0.615. The molecule has 20 heavy (non-hydrogen) atoms. The molecule has 0 bridgehead atoms. The lowest BCUT2D eigenvalue weighted by Gasteiger charge is -2.12. The van der Waals surface area contributed by atoms with E-state index >= 15 is 0 Å². The Balaban J connectivity index is 1.70. The molecule has 2 rings (SSSR count). The Bertz CT molecular complexity index is 383. The van der Waals surface area contributed by atoms with Gasteiger partial charge in [-0.1, -0.05) is 0 Å². The maximum Gasteiger partial charge on any atom is 0.126 e. The molecule has 1 N–H and O–H groups in total. The van der Waals surface area contributed by atoms with Crippen LogP contribution in [0.25, 0.3) is 0 Å². The minimum absolute atomic E-state index is 0.615. The highest BCUT2D eigenvalue weighted by Crippen LogP contribution is 2.27. The standard InChI is InChI=1S/C15H23NO4/c1-17-13-7-14(18-2)9-15(8-13)20-6-4-16-10-12-3-5-19-11-12/h7-9,12,16H,3-6,10-11H2,1-2H3. The van der Waals surface area contributed by atoms with Crippen LogP contribution < -0.4 is 19.5 Å². The summed E-state index contributed by atoms with van der Waals surface area (Å²) in [7, 11) is 3.26. The third kappa shape index (κ3) is 4.58. The molecule has 1 atom stereocenters. The van der Waals surface area contributed by atoms with Gasteiger partial charge >= 0.3 is 0 Å². The Morgan fingerprint density at radius 1 is 1.15 bits per heavy atom. The highest BCUT2D eigenvalue weighted by Gasteiger charge is 2.14. The number of nitrogens with one attached hydrogen (secondary N) is 1. The summed E-state index contributed by atoms with van der Waals surface area (Å²) >= 11 is 0. The molecule has 1 aromatic rings. The van der Waals surface area contributed by atoms with E-state index in [1.807, 2.05) is 18.2 Å². The molecule has 1 aromatic carbocycles. The Morgan fingerprint density at radius 3 is 2.45 bits per heavy atom. The lowest BCUT2D eigenvalue weighted by atomic mass is 10.1. The van der Waals surface area contributed by atoms with Gasteiger partial charge in [0.15, 0.2) is 0 Å². The Morgan fingerprint density at radius 2 is 1.85 bits per heavy atom. The molecule has 1 heterocycles. The second kappa shape index (κ2) is 7.97. The van der Waals surface area contributed by atoms with Crippen molar-refractivity contribution in [1.82, 2.24) is 5.32 Å². The van der Waals surface area contributed by atoms with Crippen LogP contribution in [0.3, 0.4) is 0 Å². The van der Waals surface area contributed by atoms with E-state index < -0.39 is 0 Å².